The molecule has 70 valence electrons. The lowest BCUT2D eigenvalue weighted by molar-refractivity contribution is 0.167. The summed E-state index contributed by atoms with van der Waals surface area (Å²) in [6, 6.07) is 2.10. The third-order valence-electron chi connectivity index (χ3n) is 2.17. The Balaban J connectivity index is 1.76. The number of likely N-dealkylation sites (tertiary alicyclic amines) is 1. The summed E-state index contributed by atoms with van der Waals surface area (Å²) in [6.07, 6.45) is 1.14. The molecule has 1 aliphatic rings. The summed E-state index contributed by atoms with van der Waals surface area (Å²) in [5.74, 6) is 0. The van der Waals surface area contributed by atoms with Gasteiger partial charge in [0.15, 0.2) is 0 Å². The van der Waals surface area contributed by atoms with Crippen LogP contribution in [0.4, 0.5) is 4.79 Å². The van der Waals surface area contributed by atoms with E-state index in [4.69, 9.17) is 0 Å². The lowest BCUT2D eigenvalue weighted by Crippen LogP contribution is -2.47. The summed E-state index contributed by atoms with van der Waals surface area (Å²) >= 11 is 1.65. The van der Waals surface area contributed by atoms with E-state index in [0.717, 1.165) is 19.5 Å². The molecule has 1 fully saturated rings. The number of carbonyl (C=O) groups excluding carboxylic acids is 1. The van der Waals surface area contributed by atoms with Crippen LogP contribution in [0, 0.1) is 0 Å². The Morgan fingerprint density at radius 1 is 1.62 bits per heavy atom. The molecule has 0 aromatic carbocycles. The summed E-state index contributed by atoms with van der Waals surface area (Å²) in [5, 5.41) is 6.95. The molecule has 4 heteroatoms. The SMILES string of the molecule is O=C(NCc1ccsc1)N1CCC1. The lowest BCUT2D eigenvalue weighted by atomic mass is 10.2. The van der Waals surface area contributed by atoms with Gasteiger partial charge in [-0.3, -0.25) is 0 Å². The lowest BCUT2D eigenvalue weighted by Gasteiger charge is -2.30. The van der Waals surface area contributed by atoms with E-state index in [0.29, 0.717) is 6.54 Å². The molecule has 2 heterocycles. The number of urea groups is 1. The van der Waals surface area contributed by atoms with Gasteiger partial charge < -0.3 is 10.2 Å². The fraction of sp³-hybridized carbons (Fsp3) is 0.444. The Labute approximate surface area is 81.4 Å². The minimum absolute atomic E-state index is 0.0671. The van der Waals surface area contributed by atoms with Crippen LogP contribution in [0.25, 0.3) is 0 Å². The Morgan fingerprint density at radius 3 is 3.00 bits per heavy atom. The standard InChI is InChI=1S/C9H12N2OS/c12-9(11-3-1-4-11)10-6-8-2-5-13-7-8/h2,5,7H,1,3-4,6H2,(H,10,12). The maximum Gasteiger partial charge on any atom is 0.317 e. The number of amides is 2. The van der Waals surface area contributed by atoms with Crippen LogP contribution in [0.3, 0.4) is 0 Å². The highest BCUT2D eigenvalue weighted by Gasteiger charge is 2.19. The van der Waals surface area contributed by atoms with E-state index in [2.05, 4.69) is 10.7 Å². The van der Waals surface area contributed by atoms with Crippen LogP contribution in [-0.2, 0) is 6.54 Å². The van der Waals surface area contributed by atoms with Crippen molar-refractivity contribution in [3.8, 4) is 0 Å². The third kappa shape index (κ3) is 2.01. The van der Waals surface area contributed by atoms with E-state index >= 15 is 0 Å². The molecule has 2 rings (SSSR count). The molecule has 0 spiro atoms. The van der Waals surface area contributed by atoms with Crippen LogP contribution < -0.4 is 5.32 Å². The fourth-order valence-electron chi connectivity index (χ4n) is 1.20. The van der Waals surface area contributed by atoms with E-state index in [-0.39, 0.29) is 6.03 Å². The van der Waals surface area contributed by atoms with E-state index in [9.17, 15) is 4.79 Å². The average molecular weight is 196 g/mol. The number of carbonyl (C=O) groups is 1. The van der Waals surface area contributed by atoms with Gasteiger partial charge in [-0.05, 0) is 28.8 Å². The van der Waals surface area contributed by atoms with Crippen molar-refractivity contribution < 1.29 is 4.79 Å². The van der Waals surface area contributed by atoms with Gasteiger partial charge >= 0.3 is 6.03 Å². The molecule has 1 aromatic rings. The van der Waals surface area contributed by atoms with Crippen LogP contribution in [0.5, 0.6) is 0 Å². The number of thiophene rings is 1. The molecular formula is C9H12N2OS. The second kappa shape index (κ2) is 3.79. The first-order valence-corrected chi connectivity index (χ1v) is 5.34. The predicted molar refractivity (Wildman–Crippen MR) is 52.7 cm³/mol. The highest BCUT2D eigenvalue weighted by atomic mass is 32.1. The van der Waals surface area contributed by atoms with Crippen molar-refractivity contribution in [3.05, 3.63) is 22.4 Å². The molecule has 0 unspecified atom stereocenters. The Bertz CT molecular complexity index is 280. The third-order valence-corrected chi connectivity index (χ3v) is 2.90. The number of hydrogen-bond acceptors (Lipinski definition) is 2. The summed E-state index contributed by atoms with van der Waals surface area (Å²) < 4.78 is 0. The molecule has 13 heavy (non-hydrogen) atoms. The number of nitrogens with one attached hydrogen (secondary N) is 1. The van der Waals surface area contributed by atoms with Crippen molar-refractivity contribution >= 4 is 17.4 Å². The van der Waals surface area contributed by atoms with Gasteiger partial charge in [-0.15, -0.1) is 0 Å². The average Bonchev–Trinajstić information content (AvgIpc) is 2.49. The molecule has 1 aromatic heterocycles. The van der Waals surface area contributed by atoms with Gasteiger partial charge in [0, 0.05) is 19.6 Å². The maximum atomic E-state index is 11.3. The van der Waals surface area contributed by atoms with Crippen molar-refractivity contribution in [2.75, 3.05) is 13.1 Å². The highest BCUT2D eigenvalue weighted by molar-refractivity contribution is 7.07. The van der Waals surface area contributed by atoms with Gasteiger partial charge in [0.05, 0.1) is 0 Å². The Morgan fingerprint density at radius 2 is 2.46 bits per heavy atom. The Hall–Kier alpha value is -1.03. The van der Waals surface area contributed by atoms with Crippen molar-refractivity contribution in [3.63, 3.8) is 0 Å². The predicted octanol–water partition coefficient (Wildman–Crippen LogP) is 1.66. The molecule has 1 saturated heterocycles. The summed E-state index contributed by atoms with van der Waals surface area (Å²) in [6.45, 7) is 2.48. The number of nitrogens with zero attached hydrogens (tertiary/aromatic N) is 1. The molecular weight excluding hydrogens is 184 g/mol. The van der Waals surface area contributed by atoms with Crippen molar-refractivity contribution in [1.82, 2.24) is 10.2 Å². The molecule has 3 nitrogen and oxygen atoms in total. The van der Waals surface area contributed by atoms with Gasteiger partial charge in [-0.1, -0.05) is 0 Å². The first kappa shape index (κ1) is 8.56. The zero-order valence-corrected chi connectivity index (χ0v) is 8.14. The zero-order valence-electron chi connectivity index (χ0n) is 7.32. The fourth-order valence-corrected chi connectivity index (χ4v) is 1.87. The molecule has 0 saturated carbocycles. The van der Waals surface area contributed by atoms with Crippen molar-refractivity contribution in [1.29, 1.82) is 0 Å². The van der Waals surface area contributed by atoms with Crippen LogP contribution in [0.1, 0.15) is 12.0 Å². The van der Waals surface area contributed by atoms with Gasteiger partial charge in [0.1, 0.15) is 0 Å². The first-order chi connectivity index (χ1) is 6.36. The summed E-state index contributed by atoms with van der Waals surface area (Å²) in [4.78, 5) is 13.2. The summed E-state index contributed by atoms with van der Waals surface area (Å²) in [5.41, 5.74) is 1.18. The van der Waals surface area contributed by atoms with Crippen molar-refractivity contribution in [2.45, 2.75) is 13.0 Å². The minimum Gasteiger partial charge on any atom is -0.334 e. The van der Waals surface area contributed by atoms with Gasteiger partial charge in [-0.25, -0.2) is 4.79 Å². The Kier molecular flexibility index (Phi) is 2.49. The first-order valence-electron chi connectivity index (χ1n) is 4.40. The molecule has 0 atom stereocenters. The van der Waals surface area contributed by atoms with E-state index in [1.165, 1.54) is 5.56 Å². The monoisotopic (exact) mass is 196 g/mol. The zero-order chi connectivity index (χ0) is 9.10. The van der Waals surface area contributed by atoms with E-state index < -0.39 is 0 Å². The number of hydrogen-bond donors (Lipinski definition) is 1. The van der Waals surface area contributed by atoms with E-state index in [1.54, 1.807) is 11.3 Å². The smallest absolute Gasteiger partial charge is 0.317 e. The highest BCUT2D eigenvalue weighted by Crippen LogP contribution is 2.07. The number of rotatable bonds is 2. The van der Waals surface area contributed by atoms with E-state index in [1.807, 2.05) is 16.3 Å². The van der Waals surface area contributed by atoms with Gasteiger partial charge in [0.25, 0.3) is 0 Å². The van der Waals surface area contributed by atoms with Crippen LogP contribution in [0.2, 0.25) is 0 Å². The van der Waals surface area contributed by atoms with Crippen molar-refractivity contribution in [2.24, 2.45) is 0 Å². The second-order valence-corrected chi connectivity index (χ2v) is 3.91. The van der Waals surface area contributed by atoms with Crippen LogP contribution in [0.15, 0.2) is 16.8 Å². The summed E-state index contributed by atoms with van der Waals surface area (Å²) in [7, 11) is 0. The molecule has 1 N–H and O–H groups in total. The molecule has 1 aliphatic heterocycles. The molecule has 0 bridgehead atoms. The minimum atomic E-state index is 0.0671. The van der Waals surface area contributed by atoms with Crippen LogP contribution >= 0.6 is 11.3 Å². The van der Waals surface area contributed by atoms with Gasteiger partial charge in [0.2, 0.25) is 0 Å². The maximum absolute atomic E-state index is 11.3. The quantitative estimate of drug-likeness (QED) is 0.766. The second-order valence-electron chi connectivity index (χ2n) is 3.13. The molecule has 0 aliphatic carbocycles. The topological polar surface area (TPSA) is 32.3 Å². The molecule has 2 amide bonds. The largest absolute Gasteiger partial charge is 0.334 e. The molecule has 0 radical (unpaired) electrons. The normalized spacial score (nSPS) is 15.2. The van der Waals surface area contributed by atoms with Crippen LogP contribution in [-0.4, -0.2) is 24.0 Å². The van der Waals surface area contributed by atoms with Gasteiger partial charge in [-0.2, -0.15) is 11.3 Å².